The maximum atomic E-state index is 12.8. The highest BCUT2D eigenvalue weighted by Gasteiger charge is 2.66. The Balaban J connectivity index is 1.80. The minimum atomic E-state index is -1.82. The number of hydrogen-bond acceptors (Lipinski definition) is 7. The molecule has 1 aliphatic rings. The number of nitrogens with zero attached hydrogens (tertiary/aromatic N) is 1. The lowest BCUT2D eigenvalue weighted by Crippen LogP contribution is -2.65. The second-order valence-corrected chi connectivity index (χ2v) is 9.76. The van der Waals surface area contributed by atoms with Crippen molar-refractivity contribution in [3.8, 4) is 0 Å². The Labute approximate surface area is 231 Å². The molecule has 2 heterocycles. The van der Waals surface area contributed by atoms with Gasteiger partial charge < -0.3 is 14.6 Å². The lowest BCUT2D eigenvalue weighted by molar-refractivity contribution is -0.452. The van der Waals surface area contributed by atoms with Crippen LogP contribution in [0.1, 0.15) is 34.9 Å². The summed E-state index contributed by atoms with van der Waals surface area (Å²) in [6.45, 7) is 1.59. The number of aliphatic hydroxyl groups excluding tert-OH is 1. The summed E-state index contributed by atoms with van der Waals surface area (Å²) in [5.41, 5.74) is 0.340. The molecule has 0 saturated carbocycles. The summed E-state index contributed by atoms with van der Waals surface area (Å²) in [5.74, 6) is -1.82. The summed E-state index contributed by atoms with van der Waals surface area (Å²) >= 11 is 0. The number of aromatic amines is 1. The molecule has 0 aliphatic carbocycles. The first-order valence-electron chi connectivity index (χ1n) is 13.0. The number of rotatable bonds is 9. The van der Waals surface area contributed by atoms with Gasteiger partial charge in [-0.05, 0) is 23.6 Å². The molecule has 1 fully saturated rings. The minimum absolute atomic E-state index is 0.0304. The fourth-order valence-electron chi connectivity index (χ4n) is 5.89. The van der Waals surface area contributed by atoms with Crippen molar-refractivity contribution < 1.29 is 24.4 Å². The second kappa shape index (κ2) is 11.3. The lowest BCUT2D eigenvalue weighted by Gasteiger charge is -2.51. The van der Waals surface area contributed by atoms with E-state index in [4.69, 9.17) is 19.2 Å². The molecule has 3 aromatic carbocycles. The van der Waals surface area contributed by atoms with E-state index in [2.05, 4.69) is 4.98 Å². The second-order valence-electron chi connectivity index (χ2n) is 9.76. The van der Waals surface area contributed by atoms with Gasteiger partial charge in [0.1, 0.15) is 17.7 Å². The van der Waals surface area contributed by atoms with Crippen LogP contribution < -0.4 is 11.2 Å². The van der Waals surface area contributed by atoms with Crippen molar-refractivity contribution >= 4 is 0 Å². The molecule has 0 bridgehead atoms. The standard InChI is InChI=1S/C31H32N2O7/c1-21-20-33(29(36)32-28(21)35)26-19-25(34)27(39-26)31(37-2,40-38-3)30(22-13-7-4-8-14-22,23-15-9-5-10-16-23)24-17-11-6-12-18-24/h4-18,20,25-27,34H,19H2,1-3H3,(H,32,35,36)/t25-,26+,27-,31?/m0/s1. The third-order valence-electron chi connectivity index (χ3n) is 7.58. The van der Waals surface area contributed by atoms with Crippen LogP contribution in [0.3, 0.4) is 0 Å². The van der Waals surface area contributed by atoms with Gasteiger partial charge in [-0.25, -0.2) is 9.68 Å². The number of aryl methyl sites for hydroxylation is 1. The Morgan fingerprint density at radius 1 is 0.875 bits per heavy atom. The molecule has 1 aliphatic heterocycles. The Hall–Kier alpha value is -3.86. The molecule has 1 saturated heterocycles. The highest BCUT2D eigenvalue weighted by Crippen LogP contribution is 2.54. The number of aromatic nitrogens is 2. The molecule has 40 heavy (non-hydrogen) atoms. The van der Waals surface area contributed by atoms with Crippen LogP contribution >= 0.6 is 0 Å². The molecule has 1 unspecified atom stereocenters. The molecule has 9 nitrogen and oxygen atoms in total. The number of benzene rings is 3. The quantitative estimate of drug-likeness (QED) is 0.144. The van der Waals surface area contributed by atoms with E-state index in [9.17, 15) is 14.7 Å². The highest BCUT2D eigenvalue weighted by molar-refractivity contribution is 5.54. The van der Waals surface area contributed by atoms with Crippen molar-refractivity contribution in [2.45, 2.75) is 43.0 Å². The van der Waals surface area contributed by atoms with Gasteiger partial charge in [0.2, 0.25) is 5.79 Å². The number of ether oxygens (including phenoxy) is 2. The van der Waals surface area contributed by atoms with Crippen molar-refractivity contribution in [3.05, 3.63) is 140 Å². The van der Waals surface area contributed by atoms with Gasteiger partial charge in [-0.3, -0.25) is 14.3 Å². The molecule has 5 rings (SSSR count). The lowest BCUT2D eigenvalue weighted by atomic mass is 9.61. The number of H-pyrrole nitrogens is 1. The summed E-state index contributed by atoms with van der Waals surface area (Å²) in [6, 6.07) is 29.0. The molecule has 2 N–H and O–H groups in total. The maximum absolute atomic E-state index is 12.8. The van der Waals surface area contributed by atoms with E-state index in [-0.39, 0.29) is 6.42 Å². The van der Waals surface area contributed by atoms with Gasteiger partial charge in [0.15, 0.2) is 0 Å². The zero-order valence-electron chi connectivity index (χ0n) is 22.5. The molecule has 4 aromatic rings. The molecule has 0 radical (unpaired) electrons. The molecular formula is C31H32N2O7. The van der Waals surface area contributed by atoms with Crippen LogP contribution in [0, 0.1) is 6.92 Å². The minimum Gasteiger partial charge on any atom is -0.390 e. The van der Waals surface area contributed by atoms with Crippen molar-refractivity contribution in [1.29, 1.82) is 0 Å². The van der Waals surface area contributed by atoms with Gasteiger partial charge in [-0.1, -0.05) is 91.0 Å². The van der Waals surface area contributed by atoms with Crippen molar-refractivity contribution in [3.63, 3.8) is 0 Å². The summed E-state index contributed by atoms with van der Waals surface area (Å²) in [7, 11) is 2.84. The monoisotopic (exact) mass is 544 g/mol. The number of methoxy groups -OCH3 is 1. The molecule has 9 heteroatoms. The normalized spacial score (nSPS) is 20.8. The molecule has 4 atom stereocenters. The maximum Gasteiger partial charge on any atom is 0.330 e. The smallest absolute Gasteiger partial charge is 0.330 e. The Morgan fingerprint density at radius 3 is 1.82 bits per heavy atom. The van der Waals surface area contributed by atoms with E-state index in [1.165, 1.54) is 25.0 Å². The van der Waals surface area contributed by atoms with Gasteiger partial charge >= 0.3 is 5.69 Å². The van der Waals surface area contributed by atoms with Gasteiger partial charge in [0.25, 0.3) is 5.56 Å². The Kier molecular flexibility index (Phi) is 7.84. The molecule has 1 aromatic heterocycles. The van der Waals surface area contributed by atoms with Crippen molar-refractivity contribution in [1.82, 2.24) is 9.55 Å². The van der Waals surface area contributed by atoms with E-state index >= 15 is 0 Å². The van der Waals surface area contributed by atoms with Gasteiger partial charge in [-0.15, -0.1) is 0 Å². The molecular weight excluding hydrogens is 512 g/mol. The molecule has 0 spiro atoms. The van der Waals surface area contributed by atoms with E-state index in [1.807, 2.05) is 91.0 Å². The average Bonchev–Trinajstić information content (AvgIpc) is 3.38. The van der Waals surface area contributed by atoms with Crippen molar-refractivity contribution in [2.24, 2.45) is 0 Å². The first kappa shape index (κ1) is 27.7. The van der Waals surface area contributed by atoms with Crippen LogP contribution in [0.2, 0.25) is 0 Å². The Morgan fingerprint density at radius 2 is 1.38 bits per heavy atom. The molecule has 208 valence electrons. The largest absolute Gasteiger partial charge is 0.390 e. The van der Waals surface area contributed by atoms with Crippen LogP contribution in [-0.4, -0.2) is 46.9 Å². The van der Waals surface area contributed by atoms with E-state index < -0.39 is 40.9 Å². The fourth-order valence-corrected chi connectivity index (χ4v) is 5.89. The van der Waals surface area contributed by atoms with Crippen molar-refractivity contribution in [2.75, 3.05) is 14.2 Å². The van der Waals surface area contributed by atoms with Gasteiger partial charge in [0, 0.05) is 25.3 Å². The van der Waals surface area contributed by atoms with Crippen LogP contribution in [0.4, 0.5) is 0 Å². The topological polar surface area (TPSA) is 112 Å². The predicted octanol–water partition coefficient (Wildman–Crippen LogP) is 3.45. The third-order valence-corrected chi connectivity index (χ3v) is 7.58. The summed E-state index contributed by atoms with van der Waals surface area (Å²) < 4.78 is 14.1. The van der Waals surface area contributed by atoms with E-state index in [0.29, 0.717) is 5.56 Å². The number of nitrogens with one attached hydrogen (secondary N) is 1. The first-order chi connectivity index (χ1) is 19.4. The number of hydrogen-bond donors (Lipinski definition) is 2. The summed E-state index contributed by atoms with van der Waals surface area (Å²) in [6.07, 6.45) is -1.79. The van der Waals surface area contributed by atoms with E-state index in [1.54, 1.807) is 6.92 Å². The van der Waals surface area contributed by atoms with Crippen LogP contribution in [-0.2, 0) is 24.7 Å². The Bertz CT molecular complexity index is 1440. The summed E-state index contributed by atoms with van der Waals surface area (Å²) in [5, 5.41) is 11.6. The molecule has 0 amide bonds. The van der Waals surface area contributed by atoms with Gasteiger partial charge in [-0.2, -0.15) is 4.89 Å². The van der Waals surface area contributed by atoms with Crippen LogP contribution in [0.15, 0.2) is 107 Å². The fraction of sp³-hybridized carbons (Fsp3) is 0.290. The highest BCUT2D eigenvalue weighted by atomic mass is 17.2. The van der Waals surface area contributed by atoms with Gasteiger partial charge in [0.05, 0.1) is 13.2 Å². The zero-order chi connectivity index (χ0) is 28.3. The number of aliphatic hydroxyl groups is 1. The average molecular weight is 545 g/mol. The summed E-state index contributed by atoms with van der Waals surface area (Å²) in [4.78, 5) is 38.6. The van der Waals surface area contributed by atoms with E-state index in [0.717, 1.165) is 16.7 Å². The SMILES string of the molecule is COOC(OC)([C@H]1O[C@@H](n2cc(C)c(=O)[nH]c2=O)C[C@@H]1O)C(c1ccccc1)(c1ccccc1)c1ccccc1. The van der Waals surface area contributed by atoms with Crippen LogP contribution in [0.5, 0.6) is 0 Å². The first-order valence-corrected chi connectivity index (χ1v) is 13.0. The zero-order valence-corrected chi connectivity index (χ0v) is 22.5. The predicted molar refractivity (Wildman–Crippen MR) is 148 cm³/mol. The van der Waals surface area contributed by atoms with Crippen LogP contribution in [0.25, 0.3) is 0 Å². The third kappa shape index (κ3) is 4.42.